The van der Waals surface area contributed by atoms with Gasteiger partial charge in [0.2, 0.25) is 0 Å². The SMILES string of the molecule is CCC1(C(C)CC(C)(O)CC2CO2)OCCO1. The zero-order valence-electron chi connectivity index (χ0n) is 11.1. The van der Waals surface area contributed by atoms with Crippen molar-refractivity contribution in [3.63, 3.8) is 0 Å². The highest BCUT2D eigenvalue weighted by atomic mass is 16.7. The molecule has 0 saturated carbocycles. The minimum atomic E-state index is -0.696. The molecule has 2 aliphatic heterocycles. The quantitative estimate of drug-likeness (QED) is 0.723. The normalized spacial score (nSPS) is 32.1. The maximum Gasteiger partial charge on any atom is 0.170 e. The molecule has 0 amide bonds. The van der Waals surface area contributed by atoms with Gasteiger partial charge in [-0.25, -0.2) is 0 Å². The monoisotopic (exact) mass is 244 g/mol. The van der Waals surface area contributed by atoms with Gasteiger partial charge in [-0.2, -0.15) is 0 Å². The van der Waals surface area contributed by atoms with Crippen molar-refractivity contribution >= 4 is 0 Å². The van der Waals surface area contributed by atoms with Crippen LogP contribution in [0.25, 0.3) is 0 Å². The molecule has 0 spiro atoms. The lowest BCUT2D eigenvalue weighted by atomic mass is 9.84. The second-order valence-corrected chi connectivity index (χ2v) is 5.62. The highest BCUT2D eigenvalue weighted by molar-refractivity contribution is 4.88. The third kappa shape index (κ3) is 3.19. The number of epoxide rings is 1. The lowest BCUT2D eigenvalue weighted by Gasteiger charge is -2.36. The Kier molecular flexibility index (Phi) is 3.78. The molecule has 2 heterocycles. The van der Waals surface area contributed by atoms with Crippen molar-refractivity contribution in [2.24, 2.45) is 5.92 Å². The summed E-state index contributed by atoms with van der Waals surface area (Å²) in [5.74, 6) is -0.308. The van der Waals surface area contributed by atoms with Gasteiger partial charge in [0.15, 0.2) is 5.79 Å². The fraction of sp³-hybridized carbons (Fsp3) is 1.00. The predicted octanol–water partition coefficient (Wildman–Crippen LogP) is 1.71. The van der Waals surface area contributed by atoms with Crippen LogP contribution in [0.5, 0.6) is 0 Å². The van der Waals surface area contributed by atoms with E-state index in [4.69, 9.17) is 14.2 Å². The van der Waals surface area contributed by atoms with Gasteiger partial charge >= 0.3 is 0 Å². The molecule has 0 aromatic rings. The fourth-order valence-corrected chi connectivity index (χ4v) is 2.88. The Morgan fingerprint density at radius 1 is 1.41 bits per heavy atom. The Labute approximate surface area is 103 Å². The van der Waals surface area contributed by atoms with E-state index in [0.29, 0.717) is 26.1 Å². The van der Waals surface area contributed by atoms with Crippen LogP contribution in [-0.2, 0) is 14.2 Å². The molecule has 2 rings (SSSR count). The van der Waals surface area contributed by atoms with Crippen LogP contribution in [0.1, 0.15) is 40.0 Å². The van der Waals surface area contributed by atoms with E-state index >= 15 is 0 Å². The molecule has 4 heteroatoms. The van der Waals surface area contributed by atoms with E-state index in [1.165, 1.54) is 0 Å². The first-order chi connectivity index (χ1) is 7.97. The smallest absolute Gasteiger partial charge is 0.170 e. The van der Waals surface area contributed by atoms with Crippen molar-refractivity contribution in [3.05, 3.63) is 0 Å². The van der Waals surface area contributed by atoms with E-state index in [-0.39, 0.29) is 12.0 Å². The number of rotatable bonds is 6. The summed E-state index contributed by atoms with van der Waals surface area (Å²) in [5.41, 5.74) is -0.696. The van der Waals surface area contributed by atoms with E-state index in [2.05, 4.69) is 13.8 Å². The van der Waals surface area contributed by atoms with Gasteiger partial charge in [-0.15, -0.1) is 0 Å². The molecule has 0 aliphatic carbocycles. The first kappa shape index (κ1) is 13.3. The molecule has 0 aromatic carbocycles. The van der Waals surface area contributed by atoms with Crippen molar-refractivity contribution in [2.45, 2.75) is 57.5 Å². The van der Waals surface area contributed by atoms with Crippen LogP contribution in [0, 0.1) is 5.92 Å². The van der Waals surface area contributed by atoms with E-state index in [9.17, 15) is 5.11 Å². The summed E-state index contributed by atoms with van der Waals surface area (Å²) < 4.78 is 16.7. The van der Waals surface area contributed by atoms with Crippen molar-refractivity contribution in [1.29, 1.82) is 0 Å². The van der Waals surface area contributed by atoms with E-state index in [0.717, 1.165) is 13.0 Å². The van der Waals surface area contributed by atoms with Crippen molar-refractivity contribution in [3.8, 4) is 0 Å². The molecule has 100 valence electrons. The van der Waals surface area contributed by atoms with Crippen LogP contribution < -0.4 is 0 Å². The Hall–Kier alpha value is -0.160. The molecule has 4 nitrogen and oxygen atoms in total. The van der Waals surface area contributed by atoms with Gasteiger partial charge in [0.25, 0.3) is 0 Å². The van der Waals surface area contributed by atoms with Crippen LogP contribution in [0.3, 0.4) is 0 Å². The van der Waals surface area contributed by atoms with Crippen LogP contribution in [0.4, 0.5) is 0 Å². The van der Waals surface area contributed by atoms with Gasteiger partial charge in [-0.05, 0) is 19.8 Å². The van der Waals surface area contributed by atoms with Gasteiger partial charge in [0, 0.05) is 12.3 Å². The second kappa shape index (κ2) is 4.84. The van der Waals surface area contributed by atoms with E-state index in [1.807, 2.05) is 6.92 Å². The Balaban J connectivity index is 1.91. The van der Waals surface area contributed by atoms with E-state index in [1.54, 1.807) is 0 Å². The molecule has 0 radical (unpaired) electrons. The predicted molar refractivity (Wildman–Crippen MR) is 63.7 cm³/mol. The number of aliphatic hydroxyl groups is 1. The first-order valence-corrected chi connectivity index (χ1v) is 6.59. The molecule has 0 bridgehead atoms. The van der Waals surface area contributed by atoms with Gasteiger partial charge in [0.1, 0.15) is 0 Å². The van der Waals surface area contributed by atoms with Crippen molar-refractivity contribution in [1.82, 2.24) is 0 Å². The Morgan fingerprint density at radius 3 is 2.47 bits per heavy atom. The number of hydrogen-bond donors (Lipinski definition) is 1. The van der Waals surface area contributed by atoms with Gasteiger partial charge in [-0.1, -0.05) is 13.8 Å². The van der Waals surface area contributed by atoms with Crippen molar-refractivity contribution in [2.75, 3.05) is 19.8 Å². The van der Waals surface area contributed by atoms with Gasteiger partial charge < -0.3 is 19.3 Å². The zero-order chi connectivity index (χ0) is 12.5. The minimum absolute atomic E-state index is 0.184. The zero-order valence-corrected chi connectivity index (χ0v) is 11.1. The summed E-state index contributed by atoms with van der Waals surface area (Å²) in [5, 5.41) is 10.4. The van der Waals surface area contributed by atoms with E-state index < -0.39 is 11.4 Å². The number of ether oxygens (including phenoxy) is 3. The third-order valence-corrected chi connectivity index (χ3v) is 3.84. The minimum Gasteiger partial charge on any atom is -0.390 e. The first-order valence-electron chi connectivity index (χ1n) is 6.59. The fourth-order valence-electron chi connectivity index (χ4n) is 2.88. The second-order valence-electron chi connectivity index (χ2n) is 5.62. The maximum absolute atomic E-state index is 10.4. The molecule has 17 heavy (non-hydrogen) atoms. The Morgan fingerprint density at radius 2 is 2.00 bits per heavy atom. The molecular weight excluding hydrogens is 220 g/mol. The molecule has 2 fully saturated rings. The molecule has 2 saturated heterocycles. The maximum atomic E-state index is 10.4. The Bertz CT molecular complexity index is 254. The third-order valence-electron chi connectivity index (χ3n) is 3.84. The molecule has 3 atom stereocenters. The van der Waals surface area contributed by atoms with Crippen LogP contribution >= 0.6 is 0 Å². The average molecular weight is 244 g/mol. The lowest BCUT2D eigenvalue weighted by molar-refractivity contribution is -0.204. The summed E-state index contributed by atoms with van der Waals surface area (Å²) in [6.07, 6.45) is 2.46. The van der Waals surface area contributed by atoms with Crippen LogP contribution in [0.15, 0.2) is 0 Å². The lowest BCUT2D eigenvalue weighted by Crippen LogP contribution is -2.42. The summed E-state index contributed by atoms with van der Waals surface area (Å²) in [7, 11) is 0. The highest BCUT2D eigenvalue weighted by Crippen LogP contribution is 2.38. The highest BCUT2D eigenvalue weighted by Gasteiger charge is 2.44. The molecule has 3 unspecified atom stereocenters. The largest absolute Gasteiger partial charge is 0.390 e. The summed E-state index contributed by atoms with van der Waals surface area (Å²) >= 11 is 0. The molecule has 1 N–H and O–H groups in total. The standard InChI is InChI=1S/C13H24O4/c1-4-13(16-5-6-17-13)10(2)7-12(3,14)8-11-9-15-11/h10-11,14H,4-9H2,1-3H3. The molecule has 0 aromatic heterocycles. The summed E-state index contributed by atoms with van der Waals surface area (Å²) in [4.78, 5) is 0. The van der Waals surface area contributed by atoms with Crippen LogP contribution in [0.2, 0.25) is 0 Å². The molecular formula is C13H24O4. The van der Waals surface area contributed by atoms with Crippen molar-refractivity contribution < 1.29 is 19.3 Å². The number of hydrogen-bond acceptors (Lipinski definition) is 4. The molecule has 2 aliphatic rings. The van der Waals surface area contributed by atoms with Gasteiger partial charge in [-0.3, -0.25) is 0 Å². The van der Waals surface area contributed by atoms with Gasteiger partial charge in [0.05, 0.1) is 31.5 Å². The topological polar surface area (TPSA) is 51.2 Å². The summed E-state index contributed by atoms with van der Waals surface area (Å²) in [6.45, 7) is 8.15. The average Bonchev–Trinajstić information content (AvgIpc) is 2.92. The summed E-state index contributed by atoms with van der Waals surface area (Å²) in [6, 6.07) is 0. The van der Waals surface area contributed by atoms with Crippen LogP contribution in [-0.4, -0.2) is 42.4 Å².